The zero-order valence-electron chi connectivity index (χ0n) is 18.4. The summed E-state index contributed by atoms with van der Waals surface area (Å²) in [6.45, 7) is 3.11. The van der Waals surface area contributed by atoms with E-state index in [1.165, 1.54) is 0 Å². The Balaban J connectivity index is 1.35. The molecule has 0 amide bonds. The van der Waals surface area contributed by atoms with Crippen LogP contribution in [0, 0.1) is 0 Å². The van der Waals surface area contributed by atoms with Crippen LogP contribution in [0.5, 0.6) is 0 Å². The van der Waals surface area contributed by atoms with Crippen LogP contribution >= 0.6 is 0 Å². The first-order valence-corrected chi connectivity index (χ1v) is 11.2. The number of hydrogen-bond donors (Lipinski definition) is 0. The molecule has 8 nitrogen and oxygen atoms in total. The van der Waals surface area contributed by atoms with E-state index in [9.17, 15) is 0 Å². The highest BCUT2D eigenvalue weighted by Gasteiger charge is 2.20. The van der Waals surface area contributed by atoms with Crippen LogP contribution < -0.4 is 4.90 Å². The second-order valence-electron chi connectivity index (χ2n) is 7.95. The van der Waals surface area contributed by atoms with Crippen LogP contribution in [-0.4, -0.2) is 51.3 Å². The Morgan fingerprint density at radius 2 is 1.47 bits per heavy atom. The number of anilines is 1. The third kappa shape index (κ3) is 3.95. The fraction of sp³-hybridized carbons (Fsp3) is 0.154. The first-order valence-electron chi connectivity index (χ1n) is 11.2. The molecule has 0 radical (unpaired) electrons. The Labute approximate surface area is 196 Å². The highest BCUT2D eigenvalue weighted by atomic mass is 16.5. The van der Waals surface area contributed by atoms with Crippen LogP contribution in [0.15, 0.2) is 89.6 Å². The molecule has 168 valence electrons. The summed E-state index contributed by atoms with van der Waals surface area (Å²) < 4.78 is 13.4. The highest BCUT2D eigenvalue weighted by Crippen LogP contribution is 2.33. The molecule has 2 aromatic carbocycles. The number of para-hydroxylation sites is 1. The topological polar surface area (TPSA) is 82.1 Å². The van der Waals surface area contributed by atoms with Gasteiger partial charge >= 0.3 is 0 Å². The summed E-state index contributed by atoms with van der Waals surface area (Å²) in [5.41, 5.74) is 4.25. The molecule has 0 bridgehead atoms. The minimum absolute atomic E-state index is 0.410. The summed E-state index contributed by atoms with van der Waals surface area (Å²) in [7, 11) is 0. The lowest BCUT2D eigenvalue weighted by atomic mass is 10.1. The van der Waals surface area contributed by atoms with Gasteiger partial charge in [0.2, 0.25) is 5.89 Å². The molecule has 0 atom stereocenters. The van der Waals surface area contributed by atoms with Crippen molar-refractivity contribution in [3.63, 3.8) is 0 Å². The number of aromatic nitrogens is 5. The van der Waals surface area contributed by atoms with Crippen molar-refractivity contribution in [2.45, 2.75) is 0 Å². The molecule has 34 heavy (non-hydrogen) atoms. The number of rotatable bonds is 5. The van der Waals surface area contributed by atoms with Gasteiger partial charge in [-0.05, 0) is 24.3 Å². The maximum absolute atomic E-state index is 6.10. The highest BCUT2D eigenvalue weighted by molar-refractivity contribution is 5.77. The van der Waals surface area contributed by atoms with Crippen molar-refractivity contribution in [3.8, 4) is 39.9 Å². The third-order valence-electron chi connectivity index (χ3n) is 5.77. The van der Waals surface area contributed by atoms with Crippen molar-refractivity contribution in [1.29, 1.82) is 0 Å². The fourth-order valence-electron chi connectivity index (χ4n) is 3.99. The molecule has 1 fully saturated rings. The third-order valence-corrected chi connectivity index (χ3v) is 5.77. The SMILES string of the molecule is c1ccc(-c2nn(-c3ccccc3)cc2-c2nnc(-c3ccc(N4CCOCC4)nc3)o2)cc1. The minimum Gasteiger partial charge on any atom is -0.416 e. The van der Waals surface area contributed by atoms with E-state index in [0.29, 0.717) is 11.8 Å². The van der Waals surface area contributed by atoms with Gasteiger partial charge in [-0.2, -0.15) is 5.10 Å². The summed E-state index contributed by atoms with van der Waals surface area (Å²) in [6.07, 6.45) is 3.70. The zero-order valence-corrected chi connectivity index (χ0v) is 18.4. The molecule has 8 heteroatoms. The minimum atomic E-state index is 0.410. The molecule has 4 heterocycles. The Hall–Kier alpha value is -4.30. The molecule has 0 saturated carbocycles. The molecule has 1 saturated heterocycles. The monoisotopic (exact) mass is 450 g/mol. The first-order chi connectivity index (χ1) is 16.8. The molecule has 1 aliphatic heterocycles. The van der Waals surface area contributed by atoms with Gasteiger partial charge in [0.15, 0.2) is 0 Å². The lowest BCUT2D eigenvalue weighted by molar-refractivity contribution is 0.122. The van der Waals surface area contributed by atoms with Gasteiger partial charge in [0, 0.05) is 31.0 Å². The van der Waals surface area contributed by atoms with Gasteiger partial charge in [-0.15, -0.1) is 10.2 Å². The van der Waals surface area contributed by atoms with E-state index in [2.05, 4.69) is 20.1 Å². The van der Waals surface area contributed by atoms with Gasteiger partial charge in [0.05, 0.1) is 30.0 Å². The molecule has 0 unspecified atom stereocenters. The second kappa shape index (κ2) is 8.92. The van der Waals surface area contributed by atoms with E-state index < -0.39 is 0 Å². The smallest absolute Gasteiger partial charge is 0.251 e. The van der Waals surface area contributed by atoms with Crippen LogP contribution in [0.2, 0.25) is 0 Å². The molecule has 0 spiro atoms. The van der Waals surface area contributed by atoms with E-state index in [0.717, 1.165) is 60.2 Å². The molecule has 1 aliphatic rings. The molecule has 0 aliphatic carbocycles. The van der Waals surface area contributed by atoms with Crippen LogP contribution in [0.3, 0.4) is 0 Å². The number of hydrogen-bond acceptors (Lipinski definition) is 7. The Bertz CT molecular complexity index is 1370. The second-order valence-corrected chi connectivity index (χ2v) is 7.95. The van der Waals surface area contributed by atoms with E-state index >= 15 is 0 Å². The average Bonchev–Trinajstić information content (AvgIpc) is 3.58. The number of morpholine rings is 1. The van der Waals surface area contributed by atoms with Crippen molar-refractivity contribution >= 4 is 5.82 Å². The largest absolute Gasteiger partial charge is 0.416 e. The van der Waals surface area contributed by atoms with Crippen molar-refractivity contribution in [2.24, 2.45) is 0 Å². The van der Waals surface area contributed by atoms with Crippen LogP contribution in [0.1, 0.15) is 0 Å². The first kappa shape index (κ1) is 20.3. The maximum atomic E-state index is 6.10. The van der Waals surface area contributed by atoms with Crippen LogP contribution in [0.4, 0.5) is 5.82 Å². The summed E-state index contributed by atoms with van der Waals surface area (Å²) in [6, 6.07) is 23.9. The summed E-state index contributed by atoms with van der Waals surface area (Å²) in [5.74, 6) is 1.75. The Morgan fingerprint density at radius 1 is 0.735 bits per heavy atom. The van der Waals surface area contributed by atoms with E-state index in [1.54, 1.807) is 6.20 Å². The van der Waals surface area contributed by atoms with Crippen molar-refractivity contribution in [2.75, 3.05) is 31.2 Å². The maximum Gasteiger partial charge on any atom is 0.251 e. The summed E-state index contributed by atoms with van der Waals surface area (Å²) in [4.78, 5) is 6.80. The van der Waals surface area contributed by atoms with Gasteiger partial charge in [0.25, 0.3) is 5.89 Å². The van der Waals surface area contributed by atoms with Crippen molar-refractivity contribution in [3.05, 3.63) is 85.2 Å². The zero-order chi connectivity index (χ0) is 22.7. The number of ether oxygens (including phenoxy) is 1. The summed E-state index contributed by atoms with van der Waals surface area (Å²) in [5, 5.41) is 13.5. The van der Waals surface area contributed by atoms with Crippen molar-refractivity contribution < 1.29 is 9.15 Å². The normalized spacial score (nSPS) is 13.8. The molecule has 0 N–H and O–H groups in total. The molecular weight excluding hydrogens is 428 g/mol. The number of benzene rings is 2. The summed E-state index contributed by atoms with van der Waals surface area (Å²) >= 11 is 0. The molecule has 6 rings (SSSR count). The van der Waals surface area contributed by atoms with Crippen molar-refractivity contribution in [1.82, 2.24) is 25.0 Å². The van der Waals surface area contributed by atoms with Crippen LogP contribution in [-0.2, 0) is 4.74 Å². The van der Waals surface area contributed by atoms with E-state index in [1.807, 2.05) is 83.7 Å². The Kier molecular flexibility index (Phi) is 5.33. The van der Waals surface area contributed by atoms with Gasteiger partial charge in [-0.1, -0.05) is 48.5 Å². The average molecular weight is 451 g/mol. The lowest BCUT2D eigenvalue weighted by Gasteiger charge is -2.27. The standard InChI is InChI=1S/C26H22N6O2/c1-3-7-19(8-4-1)24-22(18-32(30-24)21-9-5-2-6-10-21)26-29-28-25(34-26)20-11-12-23(27-17-20)31-13-15-33-16-14-31/h1-12,17-18H,13-16H2. The molecule has 3 aromatic heterocycles. The quantitative estimate of drug-likeness (QED) is 0.390. The van der Waals surface area contributed by atoms with Crippen LogP contribution in [0.25, 0.3) is 39.9 Å². The van der Waals surface area contributed by atoms with E-state index in [4.69, 9.17) is 14.3 Å². The predicted molar refractivity (Wildman–Crippen MR) is 129 cm³/mol. The fourth-order valence-corrected chi connectivity index (χ4v) is 3.99. The van der Waals surface area contributed by atoms with Gasteiger partial charge in [0.1, 0.15) is 11.5 Å². The van der Waals surface area contributed by atoms with Gasteiger partial charge in [-0.3, -0.25) is 0 Å². The molecular formula is C26H22N6O2. The molecule has 5 aromatic rings. The lowest BCUT2D eigenvalue weighted by Crippen LogP contribution is -2.36. The number of nitrogens with zero attached hydrogens (tertiary/aromatic N) is 6. The predicted octanol–water partition coefficient (Wildman–Crippen LogP) is 4.49. The number of pyridine rings is 1. The Morgan fingerprint density at radius 3 is 2.21 bits per heavy atom. The van der Waals surface area contributed by atoms with Gasteiger partial charge in [-0.25, -0.2) is 9.67 Å². The van der Waals surface area contributed by atoms with E-state index in [-0.39, 0.29) is 0 Å². The van der Waals surface area contributed by atoms with Gasteiger partial charge < -0.3 is 14.1 Å².